The van der Waals surface area contributed by atoms with Crippen LogP contribution in [-0.4, -0.2) is 31.8 Å². The van der Waals surface area contributed by atoms with Crippen molar-refractivity contribution in [3.63, 3.8) is 0 Å². The minimum atomic E-state index is 0.0920. The fourth-order valence-corrected chi connectivity index (χ4v) is 1.69. The molecule has 2 rings (SSSR count). The van der Waals surface area contributed by atoms with Crippen molar-refractivity contribution in [1.29, 1.82) is 0 Å². The lowest BCUT2D eigenvalue weighted by atomic mass is 10.1. The Balaban J connectivity index is 2.23. The van der Waals surface area contributed by atoms with Crippen LogP contribution in [0.3, 0.4) is 0 Å². The molecule has 0 spiro atoms. The minimum Gasteiger partial charge on any atom is -0.385 e. The Morgan fingerprint density at radius 1 is 1.67 bits per heavy atom. The summed E-state index contributed by atoms with van der Waals surface area (Å²) >= 11 is 0. The van der Waals surface area contributed by atoms with Crippen molar-refractivity contribution < 1.29 is 4.74 Å². The van der Waals surface area contributed by atoms with Gasteiger partial charge in [0.15, 0.2) is 6.23 Å². The maximum absolute atomic E-state index is 5.28. The number of allylic oxidation sites excluding steroid dienone is 1. The summed E-state index contributed by atoms with van der Waals surface area (Å²) in [5.41, 5.74) is 2.64. The van der Waals surface area contributed by atoms with E-state index in [4.69, 9.17) is 4.74 Å². The molecular weight excluding hydrogens is 152 g/mol. The number of hydrogen-bond acceptors (Lipinski definition) is 3. The zero-order valence-electron chi connectivity index (χ0n) is 7.50. The number of nitrogens with zero attached hydrogens (tertiary/aromatic N) is 1. The van der Waals surface area contributed by atoms with Crippen LogP contribution in [0.25, 0.3) is 0 Å². The van der Waals surface area contributed by atoms with Gasteiger partial charge in [-0.15, -0.1) is 0 Å². The van der Waals surface area contributed by atoms with Gasteiger partial charge in [0.05, 0.1) is 0 Å². The molecule has 1 N–H and O–H groups in total. The number of rotatable bonds is 1. The number of likely N-dealkylation sites (N-methyl/N-ethyl adjacent to an activating group) is 1. The minimum absolute atomic E-state index is 0.0920. The summed E-state index contributed by atoms with van der Waals surface area (Å²) < 4.78 is 5.28. The van der Waals surface area contributed by atoms with E-state index in [0.29, 0.717) is 0 Å². The summed E-state index contributed by atoms with van der Waals surface area (Å²) in [7, 11) is 3.76. The first-order valence-corrected chi connectivity index (χ1v) is 4.23. The van der Waals surface area contributed by atoms with E-state index < -0.39 is 0 Å². The average Bonchev–Trinajstić information content (AvgIpc) is 2.49. The number of nitrogens with one attached hydrogen (secondary N) is 1. The van der Waals surface area contributed by atoms with Crippen LogP contribution in [0.15, 0.2) is 23.5 Å². The normalized spacial score (nSPS) is 27.5. The van der Waals surface area contributed by atoms with Crippen molar-refractivity contribution in [3.05, 3.63) is 23.5 Å². The second-order valence-corrected chi connectivity index (χ2v) is 3.20. The Morgan fingerprint density at radius 2 is 2.50 bits per heavy atom. The molecule has 0 aromatic carbocycles. The van der Waals surface area contributed by atoms with Gasteiger partial charge in [-0.2, -0.15) is 0 Å². The monoisotopic (exact) mass is 166 g/mol. The summed E-state index contributed by atoms with van der Waals surface area (Å²) in [5, 5.41) is 3.33. The van der Waals surface area contributed by atoms with Gasteiger partial charge in [0.25, 0.3) is 0 Å². The summed E-state index contributed by atoms with van der Waals surface area (Å²) in [4.78, 5) is 2.09. The molecule has 0 aromatic heterocycles. The highest BCUT2D eigenvalue weighted by atomic mass is 16.5. The van der Waals surface area contributed by atoms with Crippen LogP contribution in [0.1, 0.15) is 6.42 Å². The average molecular weight is 166 g/mol. The third kappa shape index (κ3) is 1.10. The molecule has 3 nitrogen and oxygen atoms in total. The lowest BCUT2D eigenvalue weighted by molar-refractivity contribution is 0.0431. The van der Waals surface area contributed by atoms with Crippen LogP contribution in [-0.2, 0) is 4.74 Å². The molecule has 2 aliphatic heterocycles. The molecule has 1 atom stereocenters. The third-order valence-corrected chi connectivity index (χ3v) is 2.37. The van der Waals surface area contributed by atoms with E-state index in [1.165, 1.54) is 11.3 Å². The zero-order chi connectivity index (χ0) is 8.55. The van der Waals surface area contributed by atoms with Crippen LogP contribution < -0.4 is 5.32 Å². The Morgan fingerprint density at radius 3 is 3.25 bits per heavy atom. The van der Waals surface area contributed by atoms with Gasteiger partial charge in [0.1, 0.15) is 0 Å². The summed E-state index contributed by atoms with van der Waals surface area (Å²) in [5.74, 6) is 0. The van der Waals surface area contributed by atoms with Gasteiger partial charge in [0, 0.05) is 32.6 Å². The van der Waals surface area contributed by atoms with E-state index in [0.717, 1.165) is 13.0 Å². The lowest BCUT2D eigenvalue weighted by Gasteiger charge is -2.27. The topological polar surface area (TPSA) is 24.5 Å². The van der Waals surface area contributed by atoms with Crippen LogP contribution in [0.5, 0.6) is 0 Å². The zero-order valence-corrected chi connectivity index (χ0v) is 7.50. The second kappa shape index (κ2) is 2.83. The van der Waals surface area contributed by atoms with Crippen LogP contribution in [0.2, 0.25) is 0 Å². The fraction of sp³-hybridized carbons (Fsp3) is 0.556. The molecule has 0 saturated carbocycles. The highest BCUT2D eigenvalue weighted by Crippen LogP contribution is 2.24. The van der Waals surface area contributed by atoms with Gasteiger partial charge in [0.2, 0.25) is 0 Å². The second-order valence-electron chi connectivity index (χ2n) is 3.20. The van der Waals surface area contributed by atoms with E-state index in [9.17, 15) is 0 Å². The maximum Gasteiger partial charge on any atom is 0.150 e. The van der Waals surface area contributed by atoms with Crippen LogP contribution in [0, 0.1) is 0 Å². The van der Waals surface area contributed by atoms with Gasteiger partial charge in [-0.05, 0) is 18.1 Å². The van der Waals surface area contributed by atoms with Gasteiger partial charge in [-0.1, -0.05) is 0 Å². The number of ether oxygens (including phenoxy) is 1. The van der Waals surface area contributed by atoms with Gasteiger partial charge in [-0.3, -0.25) is 0 Å². The maximum atomic E-state index is 5.28. The number of fused-ring (bicyclic) bond motifs is 1. The number of methoxy groups -OCH3 is 1. The van der Waals surface area contributed by atoms with Crippen LogP contribution in [0.4, 0.5) is 0 Å². The van der Waals surface area contributed by atoms with E-state index in [1.54, 1.807) is 7.11 Å². The number of hydrogen-bond donors (Lipinski definition) is 1. The Kier molecular flexibility index (Phi) is 1.81. The molecule has 0 amide bonds. The highest BCUT2D eigenvalue weighted by Gasteiger charge is 2.21. The van der Waals surface area contributed by atoms with Crippen LogP contribution >= 0.6 is 0 Å². The Hall–Kier alpha value is -0.960. The SMILES string of the molecule is COC1C=C2NCCC2=CN1C. The van der Waals surface area contributed by atoms with E-state index in [-0.39, 0.29) is 6.23 Å². The van der Waals surface area contributed by atoms with Crippen molar-refractivity contribution in [2.24, 2.45) is 0 Å². The fourth-order valence-electron chi connectivity index (χ4n) is 1.69. The Bertz CT molecular complexity index is 245. The molecule has 0 radical (unpaired) electrons. The Labute approximate surface area is 72.7 Å². The van der Waals surface area contributed by atoms with E-state index in [2.05, 4.69) is 22.5 Å². The highest BCUT2D eigenvalue weighted by molar-refractivity contribution is 5.36. The molecule has 12 heavy (non-hydrogen) atoms. The van der Waals surface area contributed by atoms with E-state index >= 15 is 0 Å². The van der Waals surface area contributed by atoms with E-state index in [1.807, 2.05) is 7.05 Å². The molecule has 3 heteroatoms. The van der Waals surface area contributed by atoms with Crippen molar-refractivity contribution in [3.8, 4) is 0 Å². The summed E-state index contributed by atoms with van der Waals surface area (Å²) in [6.45, 7) is 1.06. The first kappa shape index (κ1) is 7.68. The summed E-state index contributed by atoms with van der Waals surface area (Å²) in [6.07, 6.45) is 5.51. The summed E-state index contributed by atoms with van der Waals surface area (Å²) in [6, 6.07) is 0. The van der Waals surface area contributed by atoms with Crippen molar-refractivity contribution in [1.82, 2.24) is 10.2 Å². The molecule has 0 aromatic rings. The van der Waals surface area contributed by atoms with Gasteiger partial charge < -0.3 is 15.0 Å². The standard InChI is InChI=1S/C9H14N2O/c1-11-6-7-3-4-10-8(7)5-9(11)12-2/h5-6,9-10H,3-4H2,1-2H3. The molecule has 1 saturated heterocycles. The predicted octanol–water partition coefficient (Wildman–Crippen LogP) is 0.665. The molecule has 1 unspecified atom stereocenters. The van der Waals surface area contributed by atoms with Crippen molar-refractivity contribution in [2.45, 2.75) is 12.6 Å². The van der Waals surface area contributed by atoms with Crippen molar-refractivity contribution in [2.75, 3.05) is 20.7 Å². The predicted molar refractivity (Wildman–Crippen MR) is 47.3 cm³/mol. The molecule has 2 heterocycles. The quantitative estimate of drug-likeness (QED) is 0.619. The molecule has 0 bridgehead atoms. The van der Waals surface area contributed by atoms with Gasteiger partial charge >= 0.3 is 0 Å². The molecule has 1 fully saturated rings. The third-order valence-electron chi connectivity index (χ3n) is 2.37. The lowest BCUT2D eigenvalue weighted by Crippen LogP contribution is -2.31. The molecule has 2 aliphatic rings. The first-order valence-electron chi connectivity index (χ1n) is 4.23. The molecular formula is C9H14N2O. The smallest absolute Gasteiger partial charge is 0.150 e. The largest absolute Gasteiger partial charge is 0.385 e. The van der Waals surface area contributed by atoms with Crippen molar-refractivity contribution >= 4 is 0 Å². The molecule has 66 valence electrons. The molecule has 0 aliphatic carbocycles. The van der Waals surface area contributed by atoms with Gasteiger partial charge in [-0.25, -0.2) is 0 Å². The first-order chi connectivity index (χ1) is 5.81.